The molecule has 0 amide bonds. The minimum Gasteiger partial charge on any atom is -0.466 e. The quantitative estimate of drug-likeness (QED) is 0.671. The summed E-state index contributed by atoms with van der Waals surface area (Å²) in [4.78, 5) is 22.8. The fourth-order valence-corrected chi connectivity index (χ4v) is 1.72. The first-order valence-electron chi connectivity index (χ1n) is 5.49. The number of rotatable bonds is 4. The summed E-state index contributed by atoms with van der Waals surface area (Å²) in [7, 11) is 2.34. The second-order valence-electron chi connectivity index (χ2n) is 3.81. The van der Waals surface area contributed by atoms with Crippen LogP contribution in [-0.2, 0) is 19.1 Å². The van der Waals surface area contributed by atoms with E-state index in [1.807, 2.05) is 0 Å². The largest absolute Gasteiger partial charge is 0.466 e. The fraction of sp³-hybridized carbons (Fsp3) is 0.231. The maximum Gasteiger partial charge on any atom is 0.354 e. The zero-order valence-electron chi connectivity index (χ0n) is 11.1. The molecule has 1 rings (SSSR count). The summed E-state index contributed by atoms with van der Waals surface area (Å²) in [5.74, 6) is -2.00. The number of carbonyl (C=O) groups is 2. The van der Waals surface area contributed by atoms with Gasteiger partial charge in [0.25, 0.3) is 0 Å². The highest BCUT2D eigenvalue weighted by atomic mass is 79.9. The zero-order chi connectivity index (χ0) is 15.3. The molecule has 5 nitrogen and oxygen atoms in total. The number of esters is 2. The second-order valence-corrected chi connectivity index (χ2v) is 4.60. The first kappa shape index (κ1) is 16.2. The molecular weight excluding hydrogens is 333 g/mol. The average molecular weight is 346 g/mol. The van der Waals surface area contributed by atoms with Gasteiger partial charge >= 0.3 is 11.9 Å². The van der Waals surface area contributed by atoms with Gasteiger partial charge in [-0.25, -0.2) is 14.0 Å². The Morgan fingerprint density at radius 1 is 1.30 bits per heavy atom. The van der Waals surface area contributed by atoms with Gasteiger partial charge in [0.05, 0.1) is 30.5 Å². The van der Waals surface area contributed by atoms with Crippen LogP contribution >= 0.6 is 15.9 Å². The van der Waals surface area contributed by atoms with E-state index in [0.29, 0.717) is 11.3 Å². The third-order valence-corrected chi connectivity index (χ3v) is 3.12. The lowest BCUT2D eigenvalue weighted by molar-refractivity contribution is -0.138. The highest BCUT2D eigenvalue weighted by molar-refractivity contribution is 9.10. The van der Waals surface area contributed by atoms with Crippen LogP contribution in [-0.4, -0.2) is 26.2 Å². The number of hydrogen-bond donors (Lipinski definition) is 1. The van der Waals surface area contributed by atoms with E-state index in [4.69, 9.17) is 0 Å². The van der Waals surface area contributed by atoms with Gasteiger partial charge in [0.1, 0.15) is 11.5 Å². The summed E-state index contributed by atoms with van der Waals surface area (Å²) in [6.07, 6.45) is 0.929. The molecule has 1 N–H and O–H groups in total. The first-order valence-corrected chi connectivity index (χ1v) is 6.29. The van der Waals surface area contributed by atoms with Crippen molar-refractivity contribution in [2.45, 2.75) is 6.92 Å². The van der Waals surface area contributed by atoms with Crippen molar-refractivity contribution < 1.29 is 23.5 Å². The summed E-state index contributed by atoms with van der Waals surface area (Å²) in [5, 5.41) is 2.64. The van der Waals surface area contributed by atoms with Crippen molar-refractivity contribution in [3.63, 3.8) is 0 Å². The third kappa shape index (κ3) is 4.06. The molecule has 0 aromatic heterocycles. The molecular formula is C13H13BrFNO4. The second kappa shape index (κ2) is 7.04. The van der Waals surface area contributed by atoms with Gasteiger partial charge in [0, 0.05) is 0 Å². The molecule has 0 saturated heterocycles. The van der Waals surface area contributed by atoms with Crippen LogP contribution in [0.15, 0.2) is 28.4 Å². The van der Waals surface area contributed by atoms with E-state index in [-0.39, 0.29) is 10.2 Å². The molecule has 0 aliphatic carbocycles. The van der Waals surface area contributed by atoms with Crippen LogP contribution in [0.5, 0.6) is 0 Å². The molecule has 0 saturated carbocycles. The van der Waals surface area contributed by atoms with Crippen molar-refractivity contribution in [1.82, 2.24) is 0 Å². The Balaban J connectivity index is 3.17. The number of halogens is 2. The summed E-state index contributed by atoms with van der Waals surface area (Å²) in [5.41, 5.74) is 0.781. The number of anilines is 1. The smallest absolute Gasteiger partial charge is 0.354 e. The number of nitrogens with one attached hydrogen (secondary N) is 1. The zero-order valence-corrected chi connectivity index (χ0v) is 12.7. The topological polar surface area (TPSA) is 64.6 Å². The van der Waals surface area contributed by atoms with E-state index in [9.17, 15) is 14.0 Å². The average Bonchev–Trinajstić information content (AvgIpc) is 2.42. The Kier molecular flexibility index (Phi) is 5.69. The SMILES string of the molecule is COC(=O)/C=C(/Nc1cc(C)cc(F)c1Br)C(=O)OC. The van der Waals surface area contributed by atoms with Gasteiger partial charge in [0.2, 0.25) is 0 Å². The predicted octanol–water partition coefficient (Wildman–Crippen LogP) is 2.54. The minimum absolute atomic E-state index is 0.141. The molecule has 0 fully saturated rings. The van der Waals surface area contributed by atoms with Gasteiger partial charge in [0.15, 0.2) is 0 Å². The summed E-state index contributed by atoms with van der Waals surface area (Å²) in [6.45, 7) is 1.70. The molecule has 0 radical (unpaired) electrons. The lowest BCUT2D eigenvalue weighted by atomic mass is 10.2. The van der Waals surface area contributed by atoms with Gasteiger partial charge in [-0.1, -0.05) is 0 Å². The van der Waals surface area contributed by atoms with E-state index in [1.165, 1.54) is 20.3 Å². The molecule has 0 spiro atoms. The van der Waals surface area contributed by atoms with Crippen LogP contribution in [0.2, 0.25) is 0 Å². The molecule has 20 heavy (non-hydrogen) atoms. The van der Waals surface area contributed by atoms with E-state index in [0.717, 1.165) is 6.08 Å². The molecule has 0 aliphatic heterocycles. The third-order valence-electron chi connectivity index (χ3n) is 2.31. The summed E-state index contributed by atoms with van der Waals surface area (Å²) >= 11 is 3.06. The molecule has 108 valence electrons. The van der Waals surface area contributed by atoms with E-state index >= 15 is 0 Å². The van der Waals surface area contributed by atoms with Crippen LogP contribution in [0.3, 0.4) is 0 Å². The minimum atomic E-state index is -0.774. The number of ether oxygens (including phenoxy) is 2. The van der Waals surface area contributed by atoms with Crippen molar-refractivity contribution in [3.05, 3.63) is 39.8 Å². The number of hydrogen-bond acceptors (Lipinski definition) is 5. The fourth-order valence-electron chi connectivity index (χ4n) is 1.39. The molecule has 0 aliphatic rings. The van der Waals surface area contributed by atoms with Crippen molar-refractivity contribution >= 4 is 33.6 Å². The number of aryl methyl sites for hydroxylation is 1. The van der Waals surface area contributed by atoms with Crippen molar-refractivity contribution in [2.75, 3.05) is 19.5 Å². The highest BCUT2D eigenvalue weighted by Gasteiger charge is 2.15. The normalized spacial score (nSPS) is 10.9. The Labute approximate surface area is 123 Å². The van der Waals surface area contributed by atoms with Crippen LogP contribution in [0.25, 0.3) is 0 Å². The van der Waals surface area contributed by atoms with Crippen LogP contribution in [0.1, 0.15) is 5.56 Å². The number of carbonyl (C=O) groups excluding carboxylic acids is 2. The van der Waals surface area contributed by atoms with Crippen molar-refractivity contribution in [3.8, 4) is 0 Å². The Morgan fingerprint density at radius 3 is 2.50 bits per heavy atom. The van der Waals surface area contributed by atoms with Gasteiger partial charge in [-0.3, -0.25) is 0 Å². The molecule has 7 heteroatoms. The maximum atomic E-state index is 13.6. The van der Waals surface area contributed by atoms with Gasteiger partial charge in [-0.05, 0) is 40.5 Å². The first-order chi connectivity index (χ1) is 9.38. The lowest BCUT2D eigenvalue weighted by Crippen LogP contribution is -2.16. The van der Waals surface area contributed by atoms with Crippen LogP contribution in [0.4, 0.5) is 10.1 Å². The van der Waals surface area contributed by atoms with Gasteiger partial charge in [-0.2, -0.15) is 0 Å². The molecule has 0 heterocycles. The number of methoxy groups -OCH3 is 2. The van der Waals surface area contributed by atoms with Gasteiger partial charge in [-0.15, -0.1) is 0 Å². The van der Waals surface area contributed by atoms with E-state index in [2.05, 4.69) is 30.7 Å². The maximum absolute atomic E-state index is 13.6. The van der Waals surface area contributed by atoms with Crippen molar-refractivity contribution in [2.24, 2.45) is 0 Å². The number of benzene rings is 1. The van der Waals surface area contributed by atoms with E-state index in [1.54, 1.807) is 13.0 Å². The molecule has 1 aromatic carbocycles. The standard InChI is InChI=1S/C13H13BrFNO4/c1-7-4-8(15)12(14)9(5-7)16-10(13(18)20-3)6-11(17)19-2/h4-6,16H,1-3H3/b10-6+. The Hall–Kier alpha value is -1.89. The molecule has 0 bridgehead atoms. The molecule has 0 atom stereocenters. The Bertz CT molecular complexity index is 572. The summed E-state index contributed by atoms with van der Waals surface area (Å²) < 4.78 is 22.7. The molecule has 1 aromatic rings. The predicted molar refractivity (Wildman–Crippen MR) is 74.6 cm³/mol. The lowest BCUT2D eigenvalue weighted by Gasteiger charge is -2.12. The van der Waals surface area contributed by atoms with Crippen LogP contribution < -0.4 is 5.32 Å². The summed E-state index contributed by atoms with van der Waals surface area (Å²) in [6, 6.07) is 2.94. The Morgan fingerprint density at radius 2 is 1.95 bits per heavy atom. The highest BCUT2D eigenvalue weighted by Crippen LogP contribution is 2.28. The monoisotopic (exact) mass is 345 g/mol. The van der Waals surface area contributed by atoms with Gasteiger partial charge < -0.3 is 14.8 Å². The van der Waals surface area contributed by atoms with Crippen molar-refractivity contribution in [1.29, 1.82) is 0 Å². The molecule has 0 unspecified atom stereocenters. The van der Waals surface area contributed by atoms with E-state index < -0.39 is 17.8 Å². The van der Waals surface area contributed by atoms with Crippen LogP contribution in [0, 0.1) is 12.7 Å².